The van der Waals surface area contributed by atoms with Gasteiger partial charge in [0.25, 0.3) is 15.9 Å². The van der Waals surface area contributed by atoms with Crippen LogP contribution in [0.3, 0.4) is 0 Å². The number of aryl methyl sites for hydroxylation is 2. The molecule has 28 heavy (non-hydrogen) atoms. The fourth-order valence-electron chi connectivity index (χ4n) is 3.48. The summed E-state index contributed by atoms with van der Waals surface area (Å²) in [5, 5.41) is 3.70. The van der Waals surface area contributed by atoms with E-state index < -0.39 is 10.0 Å². The number of carbonyl (C=O) groups is 1. The maximum Gasteiger partial charge on any atom is 0.267 e. The molecule has 0 saturated heterocycles. The van der Waals surface area contributed by atoms with E-state index in [1.54, 1.807) is 49.1 Å². The quantitative estimate of drug-likeness (QED) is 0.729. The molecule has 1 amide bonds. The summed E-state index contributed by atoms with van der Waals surface area (Å²) in [6, 6.07) is 14.3. The second kappa shape index (κ2) is 6.79. The first kappa shape index (κ1) is 18.2. The molecule has 7 nitrogen and oxygen atoms in total. The molecule has 0 bridgehead atoms. The maximum absolute atomic E-state index is 12.8. The summed E-state index contributed by atoms with van der Waals surface area (Å²) in [7, 11) is -3.81. The molecule has 0 aliphatic carbocycles. The Morgan fingerprint density at radius 2 is 1.89 bits per heavy atom. The minimum Gasteiger partial charge on any atom is -0.360 e. The number of rotatable bonds is 4. The fraction of sp³-hybridized carbons (Fsp3) is 0.200. The van der Waals surface area contributed by atoms with E-state index >= 15 is 0 Å². The second-order valence-corrected chi connectivity index (χ2v) is 8.29. The van der Waals surface area contributed by atoms with Crippen LogP contribution in [0.4, 0.5) is 11.4 Å². The number of amides is 1. The molecule has 3 aromatic rings. The van der Waals surface area contributed by atoms with Gasteiger partial charge in [0.1, 0.15) is 5.69 Å². The predicted molar refractivity (Wildman–Crippen MR) is 105 cm³/mol. The first-order valence-electron chi connectivity index (χ1n) is 8.82. The molecule has 4 rings (SSSR count). The number of nitrogens with one attached hydrogen (secondary N) is 1. The van der Waals surface area contributed by atoms with Crippen LogP contribution < -0.4 is 9.62 Å². The molecule has 0 unspecified atom stereocenters. The van der Waals surface area contributed by atoms with Gasteiger partial charge in [0, 0.05) is 23.5 Å². The third-order valence-electron chi connectivity index (χ3n) is 4.73. The third kappa shape index (κ3) is 3.16. The summed E-state index contributed by atoms with van der Waals surface area (Å²) in [6.07, 6.45) is 0.662. The van der Waals surface area contributed by atoms with Crippen LogP contribution in [0.2, 0.25) is 0 Å². The fourth-order valence-corrected chi connectivity index (χ4v) is 4.86. The lowest BCUT2D eigenvalue weighted by Gasteiger charge is -2.18. The highest BCUT2D eigenvalue weighted by Gasteiger charge is 2.28. The zero-order chi connectivity index (χ0) is 19.9. The number of carbonyl (C=O) groups excluding carboxylic acids is 1. The normalized spacial score (nSPS) is 13.4. The Kier molecular flexibility index (Phi) is 4.43. The standard InChI is InChI=1S/C20H19N3O4S/c1-13-19(14(2)27-21-13)28(25,26)22-17-8-9-18-16(12-17)10-11-23(18)20(24)15-6-4-3-5-7-15/h3-9,12,22H,10-11H2,1-2H3. The van der Waals surface area contributed by atoms with Gasteiger partial charge >= 0.3 is 0 Å². The van der Waals surface area contributed by atoms with Gasteiger partial charge in [-0.25, -0.2) is 8.42 Å². The lowest BCUT2D eigenvalue weighted by Crippen LogP contribution is -2.28. The van der Waals surface area contributed by atoms with Gasteiger partial charge in [0.15, 0.2) is 10.7 Å². The molecule has 1 aromatic heterocycles. The van der Waals surface area contributed by atoms with Crippen LogP contribution in [0.25, 0.3) is 0 Å². The van der Waals surface area contributed by atoms with Crippen LogP contribution in [0.5, 0.6) is 0 Å². The zero-order valence-corrected chi connectivity index (χ0v) is 16.3. The number of anilines is 2. The Morgan fingerprint density at radius 3 is 2.57 bits per heavy atom. The molecule has 144 valence electrons. The van der Waals surface area contributed by atoms with Crippen molar-refractivity contribution in [3.8, 4) is 0 Å². The molecule has 8 heteroatoms. The maximum atomic E-state index is 12.8. The highest BCUT2D eigenvalue weighted by atomic mass is 32.2. The molecular weight excluding hydrogens is 378 g/mol. The molecule has 2 heterocycles. The summed E-state index contributed by atoms with van der Waals surface area (Å²) in [6.45, 7) is 3.70. The lowest BCUT2D eigenvalue weighted by atomic mass is 10.1. The van der Waals surface area contributed by atoms with Gasteiger partial charge in [-0.15, -0.1) is 0 Å². The first-order valence-corrected chi connectivity index (χ1v) is 10.3. The number of hydrogen-bond donors (Lipinski definition) is 1. The molecule has 1 N–H and O–H groups in total. The molecule has 2 aromatic carbocycles. The summed E-state index contributed by atoms with van der Waals surface area (Å²) >= 11 is 0. The second-order valence-electron chi connectivity index (χ2n) is 6.68. The monoisotopic (exact) mass is 397 g/mol. The van der Waals surface area contributed by atoms with E-state index in [4.69, 9.17) is 4.52 Å². The van der Waals surface area contributed by atoms with Crippen LogP contribution in [-0.2, 0) is 16.4 Å². The van der Waals surface area contributed by atoms with Gasteiger partial charge in [0.2, 0.25) is 0 Å². The molecule has 1 aliphatic rings. The van der Waals surface area contributed by atoms with Crippen molar-refractivity contribution in [2.45, 2.75) is 25.2 Å². The van der Waals surface area contributed by atoms with Crippen molar-refractivity contribution in [2.75, 3.05) is 16.2 Å². The van der Waals surface area contributed by atoms with Crippen molar-refractivity contribution in [1.82, 2.24) is 5.16 Å². The molecule has 0 atom stereocenters. The summed E-state index contributed by atoms with van der Waals surface area (Å²) in [5.41, 5.74) is 3.09. The smallest absolute Gasteiger partial charge is 0.267 e. The van der Waals surface area contributed by atoms with Crippen LogP contribution in [0.1, 0.15) is 27.4 Å². The Hall–Kier alpha value is -3.13. The van der Waals surface area contributed by atoms with E-state index in [2.05, 4.69) is 9.88 Å². The molecule has 1 aliphatic heterocycles. The van der Waals surface area contributed by atoms with E-state index in [1.165, 1.54) is 0 Å². The minimum atomic E-state index is -3.81. The molecular formula is C20H19N3O4S. The number of hydrogen-bond acceptors (Lipinski definition) is 5. The van der Waals surface area contributed by atoms with Gasteiger partial charge in [-0.3, -0.25) is 9.52 Å². The van der Waals surface area contributed by atoms with Crippen molar-refractivity contribution in [3.63, 3.8) is 0 Å². The average molecular weight is 397 g/mol. The predicted octanol–water partition coefficient (Wildman–Crippen LogP) is 3.30. The number of benzene rings is 2. The topological polar surface area (TPSA) is 92.5 Å². The van der Waals surface area contributed by atoms with Crippen molar-refractivity contribution in [2.24, 2.45) is 0 Å². The van der Waals surface area contributed by atoms with E-state index in [9.17, 15) is 13.2 Å². The molecule has 0 saturated carbocycles. The van der Waals surface area contributed by atoms with Gasteiger partial charge in [-0.1, -0.05) is 23.4 Å². The Balaban J connectivity index is 1.60. The van der Waals surface area contributed by atoms with E-state index in [0.717, 1.165) is 11.3 Å². The Morgan fingerprint density at radius 1 is 1.14 bits per heavy atom. The van der Waals surface area contributed by atoms with Gasteiger partial charge in [0.05, 0.1) is 0 Å². The van der Waals surface area contributed by atoms with Crippen molar-refractivity contribution in [3.05, 3.63) is 71.1 Å². The summed E-state index contributed by atoms with van der Waals surface area (Å²) in [5.74, 6) is 0.175. The Labute approximate surface area is 163 Å². The van der Waals surface area contributed by atoms with Crippen LogP contribution in [-0.4, -0.2) is 26.0 Å². The average Bonchev–Trinajstić information content (AvgIpc) is 3.24. The van der Waals surface area contributed by atoms with Crippen LogP contribution in [0.15, 0.2) is 57.9 Å². The molecule has 0 fully saturated rings. The molecule has 0 radical (unpaired) electrons. The zero-order valence-electron chi connectivity index (χ0n) is 15.5. The largest absolute Gasteiger partial charge is 0.360 e. The lowest BCUT2D eigenvalue weighted by molar-refractivity contribution is 0.0989. The number of nitrogens with zero attached hydrogens (tertiary/aromatic N) is 2. The van der Waals surface area contributed by atoms with E-state index in [-0.39, 0.29) is 16.6 Å². The van der Waals surface area contributed by atoms with E-state index in [0.29, 0.717) is 29.9 Å². The van der Waals surface area contributed by atoms with Crippen molar-refractivity contribution in [1.29, 1.82) is 0 Å². The minimum absolute atomic E-state index is 0.0499. The summed E-state index contributed by atoms with van der Waals surface area (Å²) < 4.78 is 32.9. The number of aromatic nitrogens is 1. The summed E-state index contributed by atoms with van der Waals surface area (Å²) in [4.78, 5) is 14.5. The number of fused-ring (bicyclic) bond motifs is 1. The third-order valence-corrected chi connectivity index (χ3v) is 6.35. The SMILES string of the molecule is Cc1noc(C)c1S(=O)(=O)Nc1ccc2c(c1)CCN2C(=O)c1ccccc1. The van der Waals surface area contributed by atoms with Crippen molar-refractivity contribution < 1.29 is 17.7 Å². The number of sulfonamides is 1. The first-order chi connectivity index (χ1) is 13.4. The van der Waals surface area contributed by atoms with Gasteiger partial charge in [-0.05, 0) is 56.2 Å². The van der Waals surface area contributed by atoms with Gasteiger partial charge < -0.3 is 9.42 Å². The highest BCUT2D eigenvalue weighted by molar-refractivity contribution is 7.92. The van der Waals surface area contributed by atoms with Crippen LogP contribution in [0, 0.1) is 13.8 Å². The van der Waals surface area contributed by atoms with E-state index in [1.807, 2.05) is 18.2 Å². The highest BCUT2D eigenvalue weighted by Crippen LogP contribution is 2.32. The Bertz CT molecular complexity index is 1130. The van der Waals surface area contributed by atoms with Gasteiger partial charge in [-0.2, -0.15) is 0 Å². The van der Waals surface area contributed by atoms with Crippen LogP contribution >= 0.6 is 0 Å². The molecule has 0 spiro atoms. The van der Waals surface area contributed by atoms with Crippen molar-refractivity contribution >= 4 is 27.3 Å².